The van der Waals surface area contributed by atoms with Gasteiger partial charge in [-0.05, 0) is 17.7 Å². The Morgan fingerprint density at radius 2 is 2.12 bits per heavy atom. The minimum absolute atomic E-state index is 0.0275. The maximum atomic E-state index is 13.0. The smallest absolute Gasteiger partial charge is 0.227 e. The van der Waals surface area contributed by atoms with Crippen molar-refractivity contribution < 1.29 is 18.4 Å². The number of carbonyl (C=O) groups excluding carboxylic acids is 1. The third kappa shape index (κ3) is 4.42. The Hall–Kier alpha value is -2.28. The van der Waals surface area contributed by atoms with E-state index in [0.29, 0.717) is 44.3 Å². The van der Waals surface area contributed by atoms with Crippen LogP contribution in [0.3, 0.4) is 0 Å². The first-order valence-electron chi connectivity index (χ1n) is 8.50. The first kappa shape index (κ1) is 17.5. The van der Waals surface area contributed by atoms with Gasteiger partial charge in [0.15, 0.2) is 5.82 Å². The molecule has 1 amide bonds. The van der Waals surface area contributed by atoms with Gasteiger partial charge >= 0.3 is 0 Å². The first-order valence-corrected chi connectivity index (χ1v) is 8.50. The second kappa shape index (κ2) is 7.74. The number of amides is 1. The molecule has 0 N–H and O–H groups in total. The van der Waals surface area contributed by atoms with Gasteiger partial charge in [0.25, 0.3) is 0 Å². The summed E-state index contributed by atoms with van der Waals surface area (Å²) in [5, 5.41) is 3.90. The highest BCUT2D eigenvalue weighted by Crippen LogP contribution is 2.23. The predicted octanol–water partition coefficient (Wildman–Crippen LogP) is 2.86. The average molecular weight is 347 g/mol. The molecular formula is C18H22FN3O3. The number of halogens is 1. The molecule has 1 fully saturated rings. The van der Waals surface area contributed by atoms with E-state index in [9.17, 15) is 9.18 Å². The SMILES string of the molecule is CC(C)c1noc(CCC(=O)N2CCO[C@@H](c3ccc(F)cc3)C2)n1. The first-order chi connectivity index (χ1) is 12.0. The van der Waals surface area contributed by atoms with Gasteiger partial charge in [-0.2, -0.15) is 4.98 Å². The van der Waals surface area contributed by atoms with Crippen molar-refractivity contribution in [3.8, 4) is 0 Å². The number of carbonyl (C=O) groups is 1. The van der Waals surface area contributed by atoms with Crippen molar-refractivity contribution in [1.29, 1.82) is 0 Å². The summed E-state index contributed by atoms with van der Waals surface area (Å²) in [7, 11) is 0. The van der Waals surface area contributed by atoms with Crippen LogP contribution in [0.5, 0.6) is 0 Å². The summed E-state index contributed by atoms with van der Waals surface area (Å²) < 4.78 is 23.9. The average Bonchev–Trinajstić information content (AvgIpc) is 3.10. The van der Waals surface area contributed by atoms with Crippen LogP contribution in [0.2, 0.25) is 0 Å². The largest absolute Gasteiger partial charge is 0.370 e. The lowest BCUT2D eigenvalue weighted by Crippen LogP contribution is -2.42. The Morgan fingerprint density at radius 1 is 1.36 bits per heavy atom. The number of aryl methyl sites for hydroxylation is 1. The third-order valence-electron chi connectivity index (χ3n) is 4.21. The van der Waals surface area contributed by atoms with E-state index in [1.54, 1.807) is 17.0 Å². The number of aromatic nitrogens is 2. The second-order valence-corrected chi connectivity index (χ2v) is 6.45. The molecule has 0 aliphatic carbocycles. The van der Waals surface area contributed by atoms with Gasteiger partial charge in [-0.25, -0.2) is 4.39 Å². The number of nitrogens with zero attached hydrogens (tertiary/aromatic N) is 3. The van der Waals surface area contributed by atoms with E-state index in [1.165, 1.54) is 12.1 Å². The fourth-order valence-electron chi connectivity index (χ4n) is 2.73. The molecule has 2 heterocycles. The number of ether oxygens (including phenoxy) is 1. The molecule has 0 unspecified atom stereocenters. The molecule has 1 aliphatic rings. The summed E-state index contributed by atoms with van der Waals surface area (Å²) in [5.74, 6) is 1.09. The number of benzene rings is 1. The fraction of sp³-hybridized carbons (Fsp3) is 0.500. The van der Waals surface area contributed by atoms with Gasteiger partial charge in [0, 0.05) is 25.3 Å². The lowest BCUT2D eigenvalue weighted by Gasteiger charge is -2.33. The van der Waals surface area contributed by atoms with Crippen LogP contribution in [0.4, 0.5) is 4.39 Å². The van der Waals surface area contributed by atoms with E-state index in [2.05, 4.69) is 10.1 Å². The Bertz CT molecular complexity index is 715. The zero-order chi connectivity index (χ0) is 17.8. The van der Waals surface area contributed by atoms with Crippen molar-refractivity contribution >= 4 is 5.91 Å². The van der Waals surface area contributed by atoms with E-state index < -0.39 is 0 Å². The van der Waals surface area contributed by atoms with Crippen LogP contribution < -0.4 is 0 Å². The Morgan fingerprint density at radius 3 is 2.80 bits per heavy atom. The highest BCUT2D eigenvalue weighted by molar-refractivity contribution is 5.76. The quantitative estimate of drug-likeness (QED) is 0.832. The lowest BCUT2D eigenvalue weighted by atomic mass is 10.1. The Balaban J connectivity index is 1.55. The summed E-state index contributed by atoms with van der Waals surface area (Å²) in [6.07, 6.45) is 0.515. The third-order valence-corrected chi connectivity index (χ3v) is 4.21. The van der Waals surface area contributed by atoms with Gasteiger partial charge in [-0.1, -0.05) is 31.1 Å². The number of rotatable bonds is 5. The summed E-state index contributed by atoms with van der Waals surface area (Å²) in [4.78, 5) is 18.5. The van der Waals surface area contributed by atoms with Gasteiger partial charge in [0.05, 0.1) is 13.2 Å². The molecule has 1 atom stereocenters. The van der Waals surface area contributed by atoms with E-state index in [0.717, 1.165) is 5.56 Å². The van der Waals surface area contributed by atoms with Gasteiger partial charge in [0.1, 0.15) is 11.9 Å². The number of hydrogen-bond donors (Lipinski definition) is 0. The van der Waals surface area contributed by atoms with Crippen molar-refractivity contribution in [3.05, 3.63) is 47.4 Å². The molecular weight excluding hydrogens is 325 g/mol. The van der Waals surface area contributed by atoms with E-state index >= 15 is 0 Å². The zero-order valence-electron chi connectivity index (χ0n) is 14.4. The van der Waals surface area contributed by atoms with Crippen LogP contribution >= 0.6 is 0 Å². The van der Waals surface area contributed by atoms with Crippen molar-refractivity contribution in [3.63, 3.8) is 0 Å². The monoisotopic (exact) mass is 347 g/mol. The molecule has 6 nitrogen and oxygen atoms in total. The topological polar surface area (TPSA) is 68.5 Å². The number of morpholine rings is 1. The molecule has 0 radical (unpaired) electrons. The van der Waals surface area contributed by atoms with Gasteiger partial charge in [-0.15, -0.1) is 0 Å². The molecule has 1 saturated heterocycles. The van der Waals surface area contributed by atoms with Gasteiger partial charge in [0.2, 0.25) is 11.8 Å². The standard InChI is InChI=1S/C18H22FN3O3/c1-12(2)18-20-16(25-21-18)7-8-17(23)22-9-10-24-15(11-22)13-3-5-14(19)6-4-13/h3-6,12,15H,7-11H2,1-2H3/t15-/m1/s1. The van der Waals surface area contributed by atoms with Crippen LogP contribution in [0.25, 0.3) is 0 Å². The van der Waals surface area contributed by atoms with E-state index in [1.807, 2.05) is 13.8 Å². The molecule has 0 saturated carbocycles. The van der Waals surface area contributed by atoms with Crippen molar-refractivity contribution in [2.24, 2.45) is 0 Å². The molecule has 7 heteroatoms. The molecule has 0 bridgehead atoms. The zero-order valence-corrected chi connectivity index (χ0v) is 14.4. The van der Waals surface area contributed by atoms with Crippen molar-refractivity contribution in [2.45, 2.75) is 38.7 Å². The van der Waals surface area contributed by atoms with Gasteiger partial charge < -0.3 is 14.2 Å². The van der Waals surface area contributed by atoms with Crippen molar-refractivity contribution in [2.75, 3.05) is 19.7 Å². The molecule has 1 aromatic carbocycles. The van der Waals surface area contributed by atoms with E-state index in [-0.39, 0.29) is 23.7 Å². The normalized spacial score (nSPS) is 17.9. The molecule has 134 valence electrons. The molecule has 2 aromatic rings. The van der Waals surface area contributed by atoms with Crippen LogP contribution in [-0.4, -0.2) is 40.6 Å². The Kier molecular flexibility index (Phi) is 5.43. The minimum atomic E-state index is -0.284. The predicted molar refractivity (Wildman–Crippen MR) is 88.4 cm³/mol. The van der Waals surface area contributed by atoms with Crippen LogP contribution in [0.15, 0.2) is 28.8 Å². The Labute approximate surface area is 146 Å². The maximum Gasteiger partial charge on any atom is 0.227 e. The molecule has 0 spiro atoms. The summed E-state index contributed by atoms with van der Waals surface area (Å²) in [5.41, 5.74) is 0.873. The summed E-state index contributed by atoms with van der Waals surface area (Å²) >= 11 is 0. The van der Waals surface area contributed by atoms with Crippen molar-refractivity contribution in [1.82, 2.24) is 15.0 Å². The highest BCUT2D eigenvalue weighted by Gasteiger charge is 2.25. The van der Waals surface area contributed by atoms with Crippen LogP contribution in [-0.2, 0) is 16.0 Å². The molecule has 3 rings (SSSR count). The molecule has 25 heavy (non-hydrogen) atoms. The van der Waals surface area contributed by atoms with Gasteiger partial charge in [-0.3, -0.25) is 4.79 Å². The maximum absolute atomic E-state index is 13.0. The van der Waals surface area contributed by atoms with Crippen LogP contribution in [0, 0.1) is 5.82 Å². The lowest BCUT2D eigenvalue weighted by molar-refractivity contribution is -0.139. The molecule has 1 aromatic heterocycles. The molecule has 1 aliphatic heterocycles. The second-order valence-electron chi connectivity index (χ2n) is 6.45. The summed E-state index contributed by atoms with van der Waals surface area (Å²) in [6.45, 7) is 5.46. The highest BCUT2D eigenvalue weighted by atomic mass is 19.1. The summed E-state index contributed by atoms with van der Waals surface area (Å²) in [6, 6.07) is 6.20. The minimum Gasteiger partial charge on any atom is -0.370 e. The van der Waals surface area contributed by atoms with Crippen LogP contribution in [0.1, 0.15) is 49.6 Å². The fourth-order valence-corrected chi connectivity index (χ4v) is 2.73. The number of hydrogen-bond acceptors (Lipinski definition) is 5. The van der Waals surface area contributed by atoms with E-state index in [4.69, 9.17) is 9.26 Å².